The molecule has 128 valence electrons. The van der Waals surface area contributed by atoms with Gasteiger partial charge in [-0.05, 0) is 11.6 Å². The molecule has 8 heteroatoms. The first-order valence-electron chi connectivity index (χ1n) is 7.24. The number of carbonyl (C=O) groups is 3. The minimum Gasteiger partial charge on any atom is -0.452 e. The Kier molecular flexibility index (Phi) is 5.94. The summed E-state index contributed by atoms with van der Waals surface area (Å²) in [5.74, 6) is -2.20. The monoisotopic (exact) mass is 342 g/mol. The van der Waals surface area contributed by atoms with Crippen LogP contribution >= 0.6 is 0 Å². The number of nitrogens with zero attached hydrogens (tertiary/aromatic N) is 1. The van der Waals surface area contributed by atoms with Crippen molar-refractivity contribution in [2.75, 3.05) is 6.61 Å². The van der Waals surface area contributed by atoms with Crippen molar-refractivity contribution >= 4 is 23.5 Å². The number of nitro benzene ring substituents is 1. The van der Waals surface area contributed by atoms with E-state index in [1.807, 2.05) is 0 Å². The second-order valence-corrected chi connectivity index (χ2v) is 5.02. The number of hydrogen-bond acceptors (Lipinski definition) is 6. The molecular weight excluding hydrogens is 328 g/mol. The van der Waals surface area contributed by atoms with E-state index in [1.165, 1.54) is 18.2 Å². The predicted octanol–water partition coefficient (Wildman–Crippen LogP) is 1.64. The highest BCUT2D eigenvalue weighted by atomic mass is 16.6. The van der Waals surface area contributed by atoms with Crippen LogP contribution in [0.15, 0.2) is 54.6 Å². The molecular formula is C17H14N2O6. The van der Waals surface area contributed by atoms with Crippen molar-refractivity contribution in [2.45, 2.75) is 6.42 Å². The van der Waals surface area contributed by atoms with Crippen molar-refractivity contribution in [1.82, 2.24) is 5.32 Å². The number of esters is 1. The Morgan fingerprint density at radius 1 is 1.00 bits per heavy atom. The van der Waals surface area contributed by atoms with E-state index in [4.69, 9.17) is 4.74 Å². The Morgan fingerprint density at radius 3 is 2.40 bits per heavy atom. The van der Waals surface area contributed by atoms with Crippen molar-refractivity contribution in [3.63, 3.8) is 0 Å². The highest BCUT2D eigenvalue weighted by Gasteiger charge is 2.15. The van der Waals surface area contributed by atoms with Gasteiger partial charge < -0.3 is 4.74 Å². The van der Waals surface area contributed by atoms with Gasteiger partial charge in [-0.1, -0.05) is 36.4 Å². The van der Waals surface area contributed by atoms with Crippen molar-refractivity contribution in [2.24, 2.45) is 0 Å². The first-order valence-corrected chi connectivity index (χ1v) is 7.24. The molecule has 0 aliphatic rings. The fraction of sp³-hybridized carbons (Fsp3) is 0.118. The number of hydrogen-bond donors (Lipinski definition) is 1. The molecule has 0 fully saturated rings. The number of amides is 2. The summed E-state index contributed by atoms with van der Waals surface area (Å²) in [6.07, 6.45) is 0.0193. The number of ether oxygens (including phenoxy) is 1. The fourth-order valence-electron chi connectivity index (χ4n) is 1.98. The minimum atomic E-state index is -0.894. The van der Waals surface area contributed by atoms with E-state index in [2.05, 4.69) is 5.32 Å². The molecule has 0 aliphatic heterocycles. The molecule has 0 saturated heterocycles. The summed E-state index contributed by atoms with van der Waals surface area (Å²) in [5, 5.41) is 12.8. The average molecular weight is 342 g/mol. The van der Waals surface area contributed by atoms with Crippen LogP contribution in [0.3, 0.4) is 0 Å². The van der Waals surface area contributed by atoms with Crippen LogP contribution in [0.5, 0.6) is 0 Å². The van der Waals surface area contributed by atoms with Crippen molar-refractivity contribution in [3.05, 3.63) is 75.8 Å². The van der Waals surface area contributed by atoms with Gasteiger partial charge in [0.1, 0.15) is 0 Å². The molecule has 2 aromatic carbocycles. The fourth-order valence-corrected chi connectivity index (χ4v) is 1.98. The number of nitro groups is 1. The van der Waals surface area contributed by atoms with Gasteiger partial charge in [-0.3, -0.25) is 25.0 Å². The van der Waals surface area contributed by atoms with Crippen LogP contribution in [0.1, 0.15) is 15.9 Å². The van der Waals surface area contributed by atoms with Gasteiger partial charge in [-0.2, -0.15) is 0 Å². The Morgan fingerprint density at radius 2 is 1.72 bits per heavy atom. The summed E-state index contributed by atoms with van der Waals surface area (Å²) >= 11 is 0. The third-order valence-electron chi connectivity index (χ3n) is 3.11. The zero-order chi connectivity index (χ0) is 18.2. The first-order chi connectivity index (χ1) is 12.0. The Hall–Kier alpha value is -3.55. The standard InChI is InChI=1S/C17H14N2O6/c20-15(9-12-5-2-1-3-6-12)18-16(21)11-25-17(22)13-7-4-8-14(10-13)19(23)24/h1-8,10H,9,11H2,(H,18,20,21). The van der Waals surface area contributed by atoms with Crippen LogP contribution in [-0.2, 0) is 20.7 Å². The molecule has 0 bridgehead atoms. The van der Waals surface area contributed by atoms with Gasteiger partial charge in [0.25, 0.3) is 11.6 Å². The summed E-state index contributed by atoms with van der Waals surface area (Å²) in [7, 11) is 0. The van der Waals surface area contributed by atoms with Gasteiger partial charge in [0, 0.05) is 12.1 Å². The average Bonchev–Trinajstić information content (AvgIpc) is 2.60. The molecule has 2 rings (SSSR count). The summed E-state index contributed by atoms with van der Waals surface area (Å²) < 4.78 is 4.75. The minimum absolute atomic E-state index is 0.0193. The molecule has 2 aromatic rings. The van der Waals surface area contributed by atoms with Crippen molar-refractivity contribution in [3.8, 4) is 0 Å². The van der Waals surface area contributed by atoms with Crippen LogP contribution in [0.4, 0.5) is 5.69 Å². The number of nitrogens with one attached hydrogen (secondary N) is 1. The molecule has 8 nitrogen and oxygen atoms in total. The van der Waals surface area contributed by atoms with Crippen molar-refractivity contribution < 1.29 is 24.0 Å². The lowest BCUT2D eigenvalue weighted by Gasteiger charge is -2.06. The zero-order valence-electron chi connectivity index (χ0n) is 13.0. The second-order valence-electron chi connectivity index (χ2n) is 5.02. The normalized spacial score (nSPS) is 9.92. The SMILES string of the molecule is O=C(COC(=O)c1cccc([N+](=O)[O-])c1)NC(=O)Cc1ccccc1. The Balaban J connectivity index is 1.83. The number of imide groups is 1. The Labute approximate surface area is 142 Å². The third-order valence-corrected chi connectivity index (χ3v) is 3.11. The summed E-state index contributed by atoms with van der Waals surface area (Å²) in [6.45, 7) is -0.665. The topological polar surface area (TPSA) is 116 Å². The van der Waals surface area contributed by atoms with Crippen LogP contribution in [0.25, 0.3) is 0 Å². The molecule has 0 unspecified atom stereocenters. The van der Waals surface area contributed by atoms with Crippen LogP contribution < -0.4 is 5.32 Å². The summed E-state index contributed by atoms with van der Waals surface area (Å²) in [5.41, 5.74) is 0.413. The largest absolute Gasteiger partial charge is 0.452 e. The zero-order valence-corrected chi connectivity index (χ0v) is 13.0. The maximum absolute atomic E-state index is 11.8. The number of non-ortho nitro benzene ring substituents is 1. The maximum Gasteiger partial charge on any atom is 0.338 e. The van der Waals surface area contributed by atoms with Crippen LogP contribution in [0, 0.1) is 10.1 Å². The number of rotatable bonds is 6. The van der Waals surface area contributed by atoms with E-state index < -0.39 is 29.3 Å². The smallest absolute Gasteiger partial charge is 0.338 e. The first kappa shape index (κ1) is 17.8. The van der Waals surface area contributed by atoms with E-state index >= 15 is 0 Å². The number of benzene rings is 2. The molecule has 0 radical (unpaired) electrons. The molecule has 0 saturated carbocycles. The molecule has 2 amide bonds. The van der Waals surface area contributed by atoms with Gasteiger partial charge in [0.2, 0.25) is 5.91 Å². The molecule has 25 heavy (non-hydrogen) atoms. The molecule has 0 aliphatic carbocycles. The van der Waals surface area contributed by atoms with Gasteiger partial charge in [-0.15, -0.1) is 0 Å². The molecule has 0 heterocycles. The molecule has 0 aromatic heterocycles. The third kappa shape index (κ3) is 5.54. The lowest BCUT2D eigenvalue weighted by atomic mass is 10.1. The molecule has 0 spiro atoms. The Bertz CT molecular complexity index is 804. The van der Waals surface area contributed by atoms with Crippen molar-refractivity contribution in [1.29, 1.82) is 0 Å². The molecule has 0 atom stereocenters. The van der Waals surface area contributed by atoms with Gasteiger partial charge in [-0.25, -0.2) is 4.79 Å². The van der Waals surface area contributed by atoms with E-state index in [9.17, 15) is 24.5 Å². The lowest BCUT2D eigenvalue weighted by molar-refractivity contribution is -0.384. The van der Waals surface area contributed by atoms with E-state index in [0.717, 1.165) is 11.6 Å². The van der Waals surface area contributed by atoms with E-state index in [-0.39, 0.29) is 17.7 Å². The highest BCUT2D eigenvalue weighted by molar-refractivity contribution is 5.98. The van der Waals surface area contributed by atoms with Gasteiger partial charge in [0.05, 0.1) is 16.9 Å². The van der Waals surface area contributed by atoms with Gasteiger partial charge >= 0.3 is 5.97 Å². The second kappa shape index (κ2) is 8.34. The maximum atomic E-state index is 11.8. The summed E-state index contributed by atoms with van der Waals surface area (Å²) in [6, 6.07) is 13.8. The summed E-state index contributed by atoms with van der Waals surface area (Å²) in [4.78, 5) is 45.2. The van der Waals surface area contributed by atoms with Gasteiger partial charge in [0.15, 0.2) is 6.61 Å². The van der Waals surface area contributed by atoms with E-state index in [0.29, 0.717) is 0 Å². The number of carbonyl (C=O) groups excluding carboxylic acids is 3. The quantitative estimate of drug-likeness (QED) is 0.485. The van der Waals surface area contributed by atoms with Crippen LogP contribution in [-0.4, -0.2) is 29.3 Å². The predicted molar refractivity (Wildman–Crippen MR) is 86.7 cm³/mol. The molecule has 1 N–H and O–H groups in total. The highest BCUT2D eigenvalue weighted by Crippen LogP contribution is 2.13. The van der Waals surface area contributed by atoms with Crippen LogP contribution in [0.2, 0.25) is 0 Å². The van der Waals surface area contributed by atoms with E-state index in [1.54, 1.807) is 30.3 Å². The lowest BCUT2D eigenvalue weighted by Crippen LogP contribution is -2.35.